The van der Waals surface area contributed by atoms with Crippen LogP contribution in [0.4, 0.5) is 0 Å². The van der Waals surface area contributed by atoms with Crippen molar-refractivity contribution in [1.29, 1.82) is 10.5 Å². The molecule has 0 aliphatic heterocycles. The molecule has 0 aliphatic rings. The van der Waals surface area contributed by atoms with E-state index in [9.17, 15) is 5.11 Å². The minimum Gasteiger partial charge on any atom is -0.389 e. The van der Waals surface area contributed by atoms with Crippen molar-refractivity contribution in [1.82, 2.24) is 9.55 Å². The predicted molar refractivity (Wildman–Crippen MR) is 73.8 cm³/mol. The number of aliphatic hydroxyl groups excluding tert-OH is 1. The Bertz CT molecular complexity index is 667. The molecule has 1 aromatic heterocycles. The third-order valence-corrected chi connectivity index (χ3v) is 2.88. The number of hydrogen-bond donors (Lipinski definition) is 1. The molecule has 0 aliphatic carbocycles. The van der Waals surface area contributed by atoms with E-state index in [0.29, 0.717) is 6.61 Å². The minimum absolute atomic E-state index is 0.0647. The number of benzene rings is 1. The van der Waals surface area contributed by atoms with E-state index in [4.69, 9.17) is 15.3 Å². The molecule has 6 heteroatoms. The number of aromatic nitrogens is 2. The summed E-state index contributed by atoms with van der Waals surface area (Å²) >= 11 is 0. The first-order valence-corrected chi connectivity index (χ1v) is 6.39. The SMILES string of the molecule is N#Cc1ncn(CC(O)COCc2ccccc2)c1C#N. The quantitative estimate of drug-likeness (QED) is 0.859. The van der Waals surface area contributed by atoms with Gasteiger partial charge >= 0.3 is 0 Å². The van der Waals surface area contributed by atoms with Crippen molar-refractivity contribution < 1.29 is 9.84 Å². The smallest absolute Gasteiger partial charge is 0.176 e. The van der Waals surface area contributed by atoms with Gasteiger partial charge in [0, 0.05) is 0 Å². The molecule has 6 nitrogen and oxygen atoms in total. The second-order valence-corrected chi connectivity index (χ2v) is 4.47. The van der Waals surface area contributed by atoms with Crippen LogP contribution in [0.5, 0.6) is 0 Å². The highest BCUT2D eigenvalue weighted by Crippen LogP contribution is 2.07. The first-order valence-electron chi connectivity index (χ1n) is 6.39. The number of rotatable bonds is 6. The van der Waals surface area contributed by atoms with Gasteiger partial charge in [-0.3, -0.25) is 0 Å². The minimum atomic E-state index is -0.776. The van der Waals surface area contributed by atoms with Crippen LogP contribution in [-0.4, -0.2) is 27.4 Å². The molecule has 1 atom stereocenters. The van der Waals surface area contributed by atoms with E-state index in [0.717, 1.165) is 5.56 Å². The van der Waals surface area contributed by atoms with E-state index in [-0.39, 0.29) is 24.5 Å². The Hall–Kier alpha value is -2.67. The van der Waals surface area contributed by atoms with E-state index in [1.807, 2.05) is 42.5 Å². The van der Waals surface area contributed by atoms with Gasteiger partial charge in [0.2, 0.25) is 0 Å². The molecule has 2 aromatic rings. The van der Waals surface area contributed by atoms with Crippen LogP contribution in [0.3, 0.4) is 0 Å². The summed E-state index contributed by atoms with van der Waals surface area (Å²) in [6.45, 7) is 0.711. The van der Waals surface area contributed by atoms with Crippen LogP contribution < -0.4 is 0 Å². The summed E-state index contributed by atoms with van der Waals surface area (Å²) in [6.07, 6.45) is 0.596. The zero-order chi connectivity index (χ0) is 15.1. The van der Waals surface area contributed by atoms with Crippen LogP contribution in [0.25, 0.3) is 0 Å². The first kappa shape index (κ1) is 14.7. The predicted octanol–water partition coefficient (Wildman–Crippen LogP) is 1.20. The number of nitrogens with zero attached hydrogens (tertiary/aromatic N) is 4. The molecule has 0 bridgehead atoms. The molecule has 2 rings (SSSR count). The highest BCUT2D eigenvalue weighted by molar-refractivity contribution is 5.36. The summed E-state index contributed by atoms with van der Waals surface area (Å²) in [5.41, 5.74) is 1.24. The summed E-state index contributed by atoms with van der Waals surface area (Å²) < 4.78 is 6.88. The summed E-state index contributed by atoms with van der Waals surface area (Å²) in [5.74, 6) is 0. The second kappa shape index (κ2) is 7.20. The lowest BCUT2D eigenvalue weighted by atomic mass is 10.2. The van der Waals surface area contributed by atoms with Crippen LogP contribution in [-0.2, 0) is 17.9 Å². The van der Waals surface area contributed by atoms with Gasteiger partial charge in [-0.1, -0.05) is 30.3 Å². The fourth-order valence-electron chi connectivity index (χ4n) is 1.89. The largest absolute Gasteiger partial charge is 0.389 e. The monoisotopic (exact) mass is 282 g/mol. The van der Waals surface area contributed by atoms with Crippen molar-refractivity contribution in [2.24, 2.45) is 0 Å². The summed E-state index contributed by atoms with van der Waals surface area (Å²) in [5, 5.41) is 27.7. The molecular weight excluding hydrogens is 268 g/mol. The highest BCUT2D eigenvalue weighted by Gasteiger charge is 2.13. The maximum atomic E-state index is 9.92. The Morgan fingerprint density at radius 3 is 2.67 bits per heavy atom. The van der Waals surface area contributed by atoms with Crippen molar-refractivity contribution in [2.75, 3.05) is 6.61 Å². The first-order chi connectivity index (χ1) is 10.2. The number of hydrogen-bond acceptors (Lipinski definition) is 5. The van der Waals surface area contributed by atoms with Crippen LogP contribution >= 0.6 is 0 Å². The number of aliphatic hydroxyl groups is 1. The molecule has 1 heterocycles. The third kappa shape index (κ3) is 3.90. The van der Waals surface area contributed by atoms with E-state index in [1.165, 1.54) is 10.9 Å². The normalized spacial score (nSPS) is 11.6. The standard InChI is InChI=1S/C15H14N4O2/c16-6-14-15(7-17)19(11-18-14)8-13(20)10-21-9-12-4-2-1-3-5-12/h1-5,11,13,20H,8-10H2. The molecule has 0 spiro atoms. The van der Waals surface area contributed by atoms with E-state index < -0.39 is 6.10 Å². The fourth-order valence-corrected chi connectivity index (χ4v) is 1.89. The summed E-state index contributed by atoms with van der Waals surface area (Å²) in [6, 6.07) is 13.4. The van der Waals surface area contributed by atoms with Crippen molar-refractivity contribution in [3.63, 3.8) is 0 Å². The molecule has 0 radical (unpaired) electrons. The molecule has 0 amide bonds. The Balaban J connectivity index is 1.85. The van der Waals surface area contributed by atoms with Crippen molar-refractivity contribution in [3.8, 4) is 12.1 Å². The molecule has 1 unspecified atom stereocenters. The molecule has 106 valence electrons. The fraction of sp³-hybridized carbons (Fsp3) is 0.267. The van der Waals surface area contributed by atoms with Gasteiger partial charge in [0.15, 0.2) is 11.4 Å². The molecule has 1 aromatic carbocycles. The Labute approximate surface area is 122 Å². The summed E-state index contributed by atoms with van der Waals surface area (Å²) in [4.78, 5) is 3.81. The van der Waals surface area contributed by atoms with Gasteiger partial charge in [-0.2, -0.15) is 10.5 Å². The van der Waals surface area contributed by atoms with Gasteiger partial charge in [0.05, 0.1) is 32.2 Å². The zero-order valence-corrected chi connectivity index (χ0v) is 11.3. The van der Waals surface area contributed by atoms with E-state index >= 15 is 0 Å². The van der Waals surface area contributed by atoms with E-state index in [2.05, 4.69) is 4.98 Å². The van der Waals surface area contributed by atoms with E-state index in [1.54, 1.807) is 0 Å². The maximum absolute atomic E-state index is 9.92. The summed E-state index contributed by atoms with van der Waals surface area (Å²) in [7, 11) is 0. The number of ether oxygens (including phenoxy) is 1. The third-order valence-electron chi connectivity index (χ3n) is 2.88. The average Bonchev–Trinajstić information content (AvgIpc) is 2.90. The maximum Gasteiger partial charge on any atom is 0.176 e. The van der Waals surface area contributed by atoms with Crippen LogP contribution in [0, 0.1) is 22.7 Å². The van der Waals surface area contributed by atoms with Crippen molar-refractivity contribution in [3.05, 3.63) is 53.6 Å². The second-order valence-electron chi connectivity index (χ2n) is 4.47. The Morgan fingerprint density at radius 2 is 2.00 bits per heavy atom. The average molecular weight is 282 g/mol. The van der Waals surface area contributed by atoms with Gasteiger partial charge in [0.25, 0.3) is 0 Å². The number of imidazole rings is 1. The molecule has 1 N–H and O–H groups in total. The lowest BCUT2D eigenvalue weighted by Gasteiger charge is -2.12. The molecule has 0 saturated heterocycles. The highest BCUT2D eigenvalue weighted by atomic mass is 16.5. The van der Waals surface area contributed by atoms with Crippen molar-refractivity contribution in [2.45, 2.75) is 19.3 Å². The zero-order valence-electron chi connectivity index (χ0n) is 11.3. The Kier molecular flexibility index (Phi) is 5.05. The van der Waals surface area contributed by atoms with Gasteiger partial charge in [-0.25, -0.2) is 4.98 Å². The molecule has 0 fully saturated rings. The van der Waals surface area contributed by atoms with Gasteiger partial charge in [0.1, 0.15) is 12.1 Å². The van der Waals surface area contributed by atoms with Gasteiger partial charge in [-0.05, 0) is 5.56 Å². The lowest BCUT2D eigenvalue weighted by molar-refractivity contribution is 0.0202. The van der Waals surface area contributed by atoms with Crippen LogP contribution in [0.2, 0.25) is 0 Å². The number of nitriles is 2. The van der Waals surface area contributed by atoms with Crippen LogP contribution in [0.15, 0.2) is 36.7 Å². The Morgan fingerprint density at radius 1 is 1.24 bits per heavy atom. The van der Waals surface area contributed by atoms with Gasteiger partial charge in [-0.15, -0.1) is 0 Å². The molecule has 0 saturated carbocycles. The van der Waals surface area contributed by atoms with Gasteiger partial charge < -0.3 is 14.4 Å². The molecular formula is C15H14N4O2. The topological polar surface area (TPSA) is 94.9 Å². The van der Waals surface area contributed by atoms with Crippen LogP contribution in [0.1, 0.15) is 17.0 Å². The molecule has 21 heavy (non-hydrogen) atoms. The lowest BCUT2D eigenvalue weighted by Crippen LogP contribution is -2.22. The van der Waals surface area contributed by atoms with Crippen molar-refractivity contribution >= 4 is 0 Å².